The minimum atomic E-state index is -0.0597. The fraction of sp³-hybridized carbons (Fsp3) is 0.538. The van der Waals surface area contributed by atoms with E-state index in [9.17, 15) is 5.11 Å². The predicted octanol–water partition coefficient (Wildman–Crippen LogP) is 1.50. The summed E-state index contributed by atoms with van der Waals surface area (Å²) in [4.78, 5) is 4.14. The first-order chi connectivity index (χ1) is 8.69. The molecule has 1 saturated carbocycles. The second kappa shape index (κ2) is 5.23. The molecule has 0 unspecified atom stereocenters. The van der Waals surface area contributed by atoms with Crippen LogP contribution in [0.15, 0.2) is 12.3 Å². The lowest BCUT2D eigenvalue weighted by Crippen LogP contribution is -2.31. The third kappa shape index (κ3) is 2.54. The number of aliphatic hydroxyl groups excluding tert-OH is 1. The average molecular weight is 246 g/mol. The van der Waals surface area contributed by atoms with E-state index in [0.717, 1.165) is 25.7 Å². The van der Waals surface area contributed by atoms with Gasteiger partial charge in [0.1, 0.15) is 11.9 Å². The maximum absolute atomic E-state index is 9.52. The molecule has 0 spiro atoms. The van der Waals surface area contributed by atoms with Crippen LogP contribution in [0.4, 0.5) is 11.5 Å². The summed E-state index contributed by atoms with van der Waals surface area (Å²) in [7, 11) is 0. The minimum Gasteiger partial charge on any atom is -0.397 e. The molecule has 18 heavy (non-hydrogen) atoms. The van der Waals surface area contributed by atoms with Crippen LogP contribution in [-0.2, 0) is 0 Å². The monoisotopic (exact) mass is 246 g/mol. The quantitative estimate of drug-likeness (QED) is 0.748. The summed E-state index contributed by atoms with van der Waals surface area (Å²) >= 11 is 0. The Bertz CT molecular complexity index is 461. The Morgan fingerprint density at radius 3 is 2.83 bits per heavy atom. The number of rotatable bonds is 4. The van der Waals surface area contributed by atoms with Gasteiger partial charge in [-0.2, -0.15) is 5.26 Å². The van der Waals surface area contributed by atoms with Gasteiger partial charge in [-0.1, -0.05) is 12.8 Å². The third-order valence-corrected chi connectivity index (χ3v) is 3.66. The topological polar surface area (TPSA) is 95.0 Å². The number of aromatic nitrogens is 1. The van der Waals surface area contributed by atoms with E-state index in [2.05, 4.69) is 16.4 Å². The van der Waals surface area contributed by atoms with Crippen molar-refractivity contribution < 1.29 is 5.11 Å². The fourth-order valence-electron chi connectivity index (χ4n) is 2.49. The second-order valence-electron chi connectivity index (χ2n) is 5.00. The van der Waals surface area contributed by atoms with Gasteiger partial charge in [0.2, 0.25) is 0 Å². The van der Waals surface area contributed by atoms with Crippen molar-refractivity contribution in [2.24, 2.45) is 5.41 Å². The Morgan fingerprint density at radius 2 is 2.22 bits per heavy atom. The summed E-state index contributed by atoms with van der Waals surface area (Å²) in [6.07, 6.45) is 5.88. The molecule has 96 valence electrons. The molecule has 0 saturated heterocycles. The van der Waals surface area contributed by atoms with Crippen molar-refractivity contribution in [2.45, 2.75) is 25.7 Å². The Morgan fingerprint density at radius 1 is 1.50 bits per heavy atom. The van der Waals surface area contributed by atoms with E-state index in [0.29, 0.717) is 23.6 Å². The van der Waals surface area contributed by atoms with E-state index >= 15 is 0 Å². The van der Waals surface area contributed by atoms with Gasteiger partial charge in [-0.05, 0) is 18.9 Å². The largest absolute Gasteiger partial charge is 0.397 e. The molecule has 5 heteroatoms. The maximum Gasteiger partial charge on any atom is 0.144 e. The molecule has 2 rings (SSSR count). The van der Waals surface area contributed by atoms with Gasteiger partial charge in [-0.3, -0.25) is 0 Å². The number of aliphatic hydroxyl groups is 1. The highest BCUT2D eigenvalue weighted by molar-refractivity contribution is 5.57. The van der Waals surface area contributed by atoms with Gasteiger partial charge in [0.15, 0.2) is 0 Å². The first-order valence-corrected chi connectivity index (χ1v) is 6.19. The molecule has 0 amide bonds. The van der Waals surface area contributed by atoms with Crippen molar-refractivity contribution in [3.63, 3.8) is 0 Å². The lowest BCUT2D eigenvalue weighted by atomic mass is 9.87. The van der Waals surface area contributed by atoms with Gasteiger partial charge in [0, 0.05) is 12.0 Å². The van der Waals surface area contributed by atoms with Crippen LogP contribution in [0.3, 0.4) is 0 Å². The zero-order valence-electron chi connectivity index (χ0n) is 10.3. The van der Waals surface area contributed by atoms with E-state index in [-0.39, 0.29) is 12.0 Å². The second-order valence-corrected chi connectivity index (χ2v) is 5.00. The van der Waals surface area contributed by atoms with Gasteiger partial charge in [0.25, 0.3) is 0 Å². The summed E-state index contributed by atoms with van der Waals surface area (Å²) in [6.45, 7) is 0.825. The summed E-state index contributed by atoms with van der Waals surface area (Å²) < 4.78 is 0. The fourth-order valence-corrected chi connectivity index (χ4v) is 2.49. The molecular formula is C13H18N4O. The van der Waals surface area contributed by atoms with Crippen molar-refractivity contribution in [1.82, 2.24) is 4.98 Å². The van der Waals surface area contributed by atoms with Gasteiger partial charge in [-0.15, -0.1) is 0 Å². The highest BCUT2D eigenvalue weighted by Crippen LogP contribution is 2.37. The Labute approximate surface area is 107 Å². The van der Waals surface area contributed by atoms with Crippen molar-refractivity contribution in [2.75, 3.05) is 24.2 Å². The normalized spacial score (nSPS) is 17.3. The zero-order valence-corrected chi connectivity index (χ0v) is 10.3. The number of hydrogen-bond acceptors (Lipinski definition) is 5. The predicted molar refractivity (Wildman–Crippen MR) is 69.8 cm³/mol. The first-order valence-electron chi connectivity index (χ1n) is 6.19. The van der Waals surface area contributed by atoms with Crippen molar-refractivity contribution in [3.05, 3.63) is 17.8 Å². The summed E-state index contributed by atoms with van der Waals surface area (Å²) in [6, 6.07) is 3.68. The number of pyridine rings is 1. The Kier molecular flexibility index (Phi) is 3.68. The molecule has 1 heterocycles. The van der Waals surface area contributed by atoms with Gasteiger partial charge in [0.05, 0.1) is 24.1 Å². The number of nitrogens with two attached hydrogens (primary N) is 1. The van der Waals surface area contributed by atoms with Crippen molar-refractivity contribution >= 4 is 11.5 Å². The lowest BCUT2D eigenvalue weighted by Gasteiger charge is -2.27. The Balaban J connectivity index is 2.08. The summed E-state index contributed by atoms with van der Waals surface area (Å²) in [5.74, 6) is 0.548. The molecule has 4 N–H and O–H groups in total. The van der Waals surface area contributed by atoms with E-state index in [1.807, 2.05) is 0 Å². The van der Waals surface area contributed by atoms with Crippen LogP contribution >= 0.6 is 0 Å². The van der Waals surface area contributed by atoms with Gasteiger partial charge in [-0.25, -0.2) is 4.98 Å². The first kappa shape index (κ1) is 12.7. The van der Waals surface area contributed by atoms with Crippen LogP contribution in [0.25, 0.3) is 0 Å². The number of nitrogens with one attached hydrogen (secondary N) is 1. The van der Waals surface area contributed by atoms with Crippen LogP contribution in [0.2, 0.25) is 0 Å². The molecule has 1 aromatic heterocycles. The number of anilines is 2. The maximum atomic E-state index is 9.52. The van der Waals surface area contributed by atoms with Crippen LogP contribution in [0, 0.1) is 16.7 Å². The van der Waals surface area contributed by atoms with Crippen LogP contribution < -0.4 is 11.1 Å². The number of hydrogen-bond donors (Lipinski definition) is 3. The van der Waals surface area contributed by atoms with Gasteiger partial charge >= 0.3 is 0 Å². The zero-order chi connectivity index (χ0) is 13.0. The summed E-state index contributed by atoms with van der Waals surface area (Å²) in [5.41, 5.74) is 6.46. The van der Waals surface area contributed by atoms with Gasteiger partial charge < -0.3 is 16.2 Å². The molecule has 1 aromatic rings. The number of nitrogens with zero attached hydrogens (tertiary/aromatic N) is 2. The van der Waals surface area contributed by atoms with E-state index in [4.69, 9.17) is 11.0 Å². The number of nitrogen functional groups attached to an aromatic ring is 1. The molecule has 0 aromatic carbocycles. The molecule has 0 aliphatic heterocycles. The van der Waals surface area contributed by atoms with Crippen molar-refractivity contribution in [3.8, 4) is 6.07 Å². The number of nitriles is 1. The highest BCUT2D eigenvalue weighted by atomic mass is 16.3. The lowest BCUT2D eigenvalue weighted by molar-refractivity contribution is 0.142. The average Bonchev–Trinajstić information content (AvgIpc) is 2.86. The van der Waals surface area contributed by atoms with Crippen molar-refractivity contribution in [1.29, 1.82) is 5.26 Å². The van der Waals surface area contributed by atoms with Crippen LogP contribution in [0.5, 0.6) is 0 Å². The van der Waals surface area contributed by atoms with E-state index < -0.39 is 0 Å². The standard InChI is InChI=1S/C13H18N4O/c14-6-10-5-11(15)7-16-12(10)17-8-13(9-18)3-1-2-4-13/h5,7,18H,1-4,8-9,15H2,(H,16,17). The highest BCUT2D eigenvalue weighted by Gasteiger charge is 2.33. The van der Waals surface area contributed by atoms with E-state index in [1.54, 1.807) is 6.07 Å². The molecular weight excluding hydrogens is 228 g/mol. The molecule has 0 bridgehead atoms. The summed E-state index contributed by atoms with van der Waals surface area (Å²) in [5, 5.41) is 21.7. The van der Waals surface area contributed by atoms with Crippen LogP contribution in [0.1, 0.15) is 31.2 Å². The molecule has 0 radical (unpaired) electrons. The molecule has 1 aliphatic carbocycles. The molecule has 0 atom stereocenters. The Hall–Kier alpha value is -1.80. The third-order valence-electron chi connectivity index (χ3n) is 3.66. The molecule has 5 nitrogen and oxygen atoms in total. The SMILES string of the molecule is N#Cc1cc(N)cnc1NCC1(CO)CCCC1. The minimum absolute atomic E-state index is 0.0597. The molecule has 1 fully saturated rings. The van der Waals surface area contributed by atoms with E-state index in [1.165, 1.54) is 6.20 Å². The molecule has 1 aliphatic rings. The smallest absolute Gasteiger partial charge is 0.144 e. The van der Waals surface area contributed by atoms with Crippen LogP contribution in [-0.4, -0.2) is 23.2 Å².